The number of fused-ring (bicyclic) bond motifs is 1. The summed E-state index contributed by atoms with van der Waals surface area (Å²) in [5.41, 5.74) is 5.09. The van der Waals surface area contributed by atoms with Crippen LogP contribution < -0.4 is 11.3 Å². The molecule has 0 fully saturated rings. The summed E-state index contributed by atoms with van der Waals surface area (Å²) in [7, 11) is 0. The van der Waals surface area contributed by atoms with Gasteiger partial charge in [-0.1, -0.05) is 20.8 Å². The second kappa shape index (κ2) is 4.82. The maximum atomic E-state index is 5.53. The molecule has 0 atom stereocenters. The number of aromatic nitrogens is 2. The van der Waals surface area contributed by atoms with Crippen molar-refractivity contribution in [3.8, 4) is 0 Å². The van der Waals surface area contributed by atoms with Crippen molar-refractivity contribution in [2.45, 2.75) is 50.5 Å². The van der Waals surface area contributed by atoms with Crippen LogP contribution in [0, 0.1) is 0 Å². The molecule has 1 aliphatic carbocycles. The Morgan fingerprint density at radius 3 is 2.71 bits per heavy atom. The molecule has 0 radical (unpaired) electrons. The van der Waals surface area contributed by atoms with E-state index in [1.165, 1.54) is 11.3 Å². The van der Waals surface area contributed by atoms with Crippen LogP contribution in [0.25, 0.3) is 0 Å². The van der Waals surface area contributed by atoms with Gasteiger partial charge in [-0.3, -0.25) is 0 Å². The first-order valence-electron chi connectivity index (χ1n) is 5.99. The predicted octanol–water partition coefficient (Wildman–Crippen LogP) is 2.28. The van der Waals surface area contributed by atoms with Crippen molar-refractivity contribution in [1.82, 2.24) is 9.97 Å². The van der Waals surface area contributed by atoms with Crippen LogP contribution in [-0.2, 0) is 18.6 Å². The topological polar surface area (TPSA) is 63.8 Å². The number of aryl methyl sites for hydroxylation is 1. The normalized spacial score (nSPS) is 14.8. The SMILES string of the molecule is CC(C)(C)SCc1nc2c(c(NN)n1)CCC2. The fourth-order valence-corrected chi connectivity index (χ4v) is 2.64. The average Bonchev–Trinajstić information content (AvgIpc) is 2.72. The summed E-state index contributed by atoms with van der Waals surface area (Å²) in [6, 6.07) is 0. The summed E-state index contributed by atoms with van der Waals surface area (Å²) >= 11 is 1.86. The molecule has 0 aliphatic heterocycles. The van der Waals surface area contributed by atoms with Gasteiger partial charge in [-0.05, 0) is 19.3 Å². The minimum atomic E-state index is 0.235. The number of thioether (sulfide) groups is 1. The molecule has 0 unspecified atom stereocenters. The smallest absolute Gasteiger partial charge is 0.147 e. The van der Waals surface area contributed by atoms with Gasteiger partial charge in [0, 0.05) is 16.0 Å². The van der Waals surface area contributed by atoms with E-state index < -0.39 is 0 Å². The maximum Gasteiger partial charge on any atom is 0.147 e. The quantitative estimate of drug-likeness (QED) is 0.638. The van der Waals surface area contributed by atoms with Gasteiger partial charge in [0.05, 0.1) is 5.75 Å². The summed E-state index contributed by atoms with van der Waals surface area (Å²) in [6.45, 7) is 6.60. The van der Waals surface area contributed by atoms with Gasteiger partial charge < -0.3 is 5.43 Å². The third kappa shape index (κ3) is 3.10. The first-order chi connectivity index (χ1) is 7.99. The molecule has 17 heavy (non-hydrogen) atoms. The number of hydrogen-bond acceptors (Lipinski definition) is 5. The van der Waals surface area contributed by atoms with E-state index in [2.05, 4.69) is 36.2 Å². The van der Waals surface area contributed by atoms with Crippen molar-refractivity contribution >= 4 is 17.6 Å². The Labute approximate surface area is 107 Å². The van der Waals surface area contributed by atoms with Gasteiger partial charge in [-0.2, -0.15) is 0 Å². The highest BCUT2D eigenvalue weighted by atomic mass is 32.2. The molecule has 5 heteroatoms. The third-order valence-electron chi connectivity index (χ3n) is 2.75. The molecular formula is C12H20N4S. The number of nitrogens with zero attached hydrogens (tertiary/aromatic N) is 2. The zero-order valence-corrected chi connectivity index (χ0v) is 11.5. The van der Waals surface area contributed by atoms with E-state index >= 15 is 0 Å². The highest BCUT2D eigenvalue weighted by Crippen LogP contribution is 2.29. The van der Waals surface area contributed by atoms with Crippen molar-refractivity contribution in [3.63, 3.8) is 0 Å². The Morgan fingerprint density at radius 2 is 2.06 bits per heavy atom. The van der Waals surface area contributed by atoms with E-state index in [0.717, 1.165) is 36.7 Å². The first kappa shape index (κ1) is 12.6. The van der Waals surface area contributed by atoms with E-state index in [4.69, 9.17) is 5.84 Å². The van der Waals surface area contributed by atoms with Crippen molar-refractivity contribution in [2.75, 3.05) is 5.43 Å². The van der Waals surface area contributed by atoms with Gasteiger partial charge >= 0.3 is 0 Å². The van der Waals surface area contributed by atoms with Crippen LogP contribution in [0.5, 0.6) is 0 Å². The van der Waals surface area contributed by atoms with Crippen LogP contribution in [0.1, 0.15) is 44.3 Å². The molecule has 94 valence electrons. The minimum Gasteiger partial charge on any atom is -0.308 e. The van der Waals surface area contributed by atoms with Crippen molar-refractivity contribution in [1.29, 1.82) is 0 Å². The molecule has 1 heterocycles. The Morgan fingerprint density at radius 1 is 1.29 bits per heavy atom. The Kier molecular flexibility index (Phi) is 3.58. The summed E-state index contributed by atoms with van der Waals surface area (Å²) in [5.74, 6) is 8.07. The van der Waals surface area contributed by atoms with E-state index in [9.17, 15) is 0 Å². The van der Waals surface area contributed by atoms with Crippen LogP contribution >= 0.6 is 11.8 Å². The van der Waals surface area contributed by atoms with Gasteiger partial charge in [0.15, 0.2) is 0 Å². The second-order valence-electron chi connectivity index (χ2n) is 5.31. The minimum absolute atomic E-state index is 0.235. The maximum absolute atomic E-state index is 5.53. The summed E-state index contributed by atoms with van der Waals surface area (Å²) in [5, 5.41) is 0. The summed E-state index contributed by atoms with van der Waals surface area (Å²) < 4.78 is 0.235. The number of hydrogen-bond donors (Lipinski definition) is 2. The molecular weight excluding hydrogens is 232 g/mol. The molecule has 4 nitrogen and oxygen atoms in total. The summed E-state index contributed by atoms with van der Waals surface area (Å²) in [4.78, 5) is 9.14. The van der Waals surface area contributed by atoms with Crippen LogP contribution in [-0.4, -0.2) is 14.7 Å². The number of anilines is 1. The summed E-state index contributed by atoms with van der Waals surface area (Å²) in [6.07, 6.45) is 3.26. The molecule has 1 aromatic rings. The van der Waals surface area contributed by atoms with E-state index in [-0.39, 0.29) is 4.75 Å². The monoisotopic (exact) mass is 252 g/mol. The first-order valence-corrected chi connectivity index (χ1v) is 6.97. The van der Waals surface area contributed by atoms with Gasteiger partial charge in [0.1, 0.15) is 11.6 Å². The lowest BCUT2D eigenvalue weighted by Gasteiger charge is -2.17. The Balaban J connectivity index is 2.19. The number of nitrogens with two attached hydrogens (primary N) is 1. The molecule has 0 spiro atoms. The predicted molar refractivity (Wildman–Crippen MR) is 72.9 cm³/mol. The van der Waals surface area contributed by atoms with E-state index in [0.29, 0.717) is 0 Å². The number of nitrogens with one attached hydrogen (secondary N) is 1. The van der Waals surface area contributed by atoms with Crippen LogP contribution in [0.3, 0.4) is 0 Å². The van der Waals surface area contributed by atoms with E-state index in [1.807, 2.05) is 11.8 Å². The fourth-order valence-electron chi connectivity index (χ4n) is 1.95. The van der Waals surface area contributed by atoms with Crippen LogP contribution in [0.2, 0.25) is 0 Å². The molecule has 1 aliphatic rings. The second-order valence-corrected chi connectivity index (χ2v) is 7.11. The van der Waals surface area contributed by atoms with Gasteiger partial charge in [-0.15, -0.1) is 11.8 Å². The van der Waals surface area contributed by atoms with Crippen LogP contribution in [0.4, 0.5) is 5.82 Å². The van der Waals surface area contributed by atoms with Crippen molar-refractivity contribution in [2.24, 2.45) is 5.84 Å². The molecule has 2 rings (SSSR count). The van der Waals surface area contributed by atoms with Gasteiger partial charge in [0.2, 0.25) is 0 Å². The van der Waals surface area contributed by atoms with Crippen LogP contribution in [0.15, 0.2) is 0 Å². The standard InChI is InChI=1S/C12H20N4S/c1-12(2,3)17-7-10-14-9-6-4-5-8(9)11(15-10)16-13/h4-7,13H2,1-3H3,(H,14,15,16). The highest BCUT2D eigenvalue weighted by molar-refractivity contribution is 7.99. The Bertz CT molecular complexity index is 412. The lowest BCUT2D eigenvalue weighted by Crippen LogP contribution is -2.14. The molecule has 0 saturated carbocycles. The fraction of sp³-hybridized carbons (Fsp3) is 0.667. The van der Waals surface area contributed by atoms with Crippen molar-refractivity contribution in [3.05, 3.63) is 17.1 Å². The zero-order valence-electron chi connectivity index (χ0n) is 10.7. The van der Waals surface area contributed by atoms with Gasteiger partial charge in [-0.25, -0.2) is 15.8 Å². The lowest BCUT2D eigenvalue weighted by atomic mass is 10.2. The third-order valence-corrected chi connectivity index (χ3v) is 4.02. The number of nitrogen functional groups attached to an aromatic ring is 1. The Hall–Kier alpha value is -0.810. The zero-order chi connectivity index (χ0) is 12.5. The number of hydrazine groups is 1. The average molecular weight is 252 g/mol. The van der Waals surface area contributed by atoms with E-state index in [1.54, 1.807) is 0 Å². The van der Waals surface area contributed by atoms with Gasteiger partial charge in [0.25, 0.3) is 0 Å². The number of rotatable bonds is 3. The van der Waals surface area contributed by atoms with Crippen molar-refractivity contribution < 1.29 is 0 Å². The highest BCUT2D eigenvalue weighted by Gasteiger charge is 2.19. The molecule has 3 N–H and O–H groups in total. The largest absolute Gasteiger partial charge is 0.308 e. The lowest BCUT2D eigenvalue weighted by molar-refractivity contribution is 0.799. The molecule has 0 bridgehead atoms. The molecule has 0 aromatic carbocycles. The molecule has 0 saturated heterocycles. The molecule has 0 amide bonds. The molecule has 1 aromatic heterocycles.